The molecule has 21 heavy (non-hydrogen) atoms. The maximum atomic E-state index is 12.5. The lowest BCUT2D eigenvalue weighted by Crippen LogP contribution is -2.52. The Morgan fingerprint density at radius 2 is 2.00 bits per heavy atom. The van der Waals surface area contributed by atoms with Crippen LogP contribution in [0.25, 0.3) is 0 Å². The SMILES string of the molecule is CC1Oc2ccccc2OC1C(=O)NC1CCCC1CN. The molecule has 1 saturated carbocycles. The smallest absolute Gasteiger partial charge is 0.265 e. The second-order valence-electron chi connectivity index (χ2n) is 5.85. The third-order valence-electron chi connectivity index (χ3n) is 4.39. The Bertz CT molecular complexity index is 520. The highest BCUT2D eigenvalue weighted by Crippen LogP contribution is 2.33. The summed E-state index contributed by atoms with van der Waals surface area (Å²) in [6.45, 7) is 2.47. The second kappa shape index (κ2) is 5.93. The molecule has 3 N–H and O–H groups in total. The van der Waals surface area contributed by atoms with Crippen molar-refractivity contribution in [1.82, 2.24) is 5.32 Å². The molecular formula is C16H22N2O3. The van der Waals surface area contributed by atoms with Gasteiger partial charge in [0.25, 0.3) is 5.91 Å². The first kappa shape index (κ1) is 14.2. The highest BCUT2D eigenvalue weighted by molar-refractivity contribution is 5.82. The number of hydrogen-bond acceptors (Lipinski definition) is 4. The first-order chi connectivity index (χ1) is 10.2. The van der Waals surface area contributed by atoms with Gasteiger partial charge >= 0.3 is 0 Å². The molecule has 4 atom stereocenters. The highest BCUT2D eigenvalue weighted by atomic mass is 16.6. The number of rotatable bonds is 3. The standard InChI is InChI=1S/C16H22N2O3/c1-10-15(21-14-8-3-2-7-13(14)20-10)16(19)18-12-6-4-5-11(12)9-17/h2-3,7-8,10-12,15H,4-6,9,17H2,1H3,(H,18,19). The van der Waals surface area contributed by atoms with Gasteiger partial charge in [0, 0.05) is 6.04 Å². The number of fused-ring (bicyclic) bond motifs is 1. The average Bonchev–Trinajstić information content (AvgIpc) is 2.93. The van der Waals surface area contributed by atoms with Gasteiger partial charge in [-0.1, -0.05) is 18.6 Å². The van der Waals surface area contributed by atoms with Gasteiger partial charge in [0.1, 0.15) is 6.10 Å². The number of benzene rings is 1. The molecule has 1 fully saturated rings. The number of carbonyl (C=O) groups is 1. The Balaban J connectivity index is 1.68. The van der Waals surface area contributed by atoms with Gasteiger partial charge in [0.15, 0.2) is 11.5 Å². The summed E-state index contributed by atoms with van der Waals surface area (Å²) in [5, 5.41) is 3.09. The predicted octanol–water partition coefficient (Wildman–Crippen LogP) is 1.46. The molecule has 0 bridgehead atoms. The van der Waals surface area contributed by atoms with Crippen molar-refractivity contribution in [2.24, 2.45) is 11.7 Å². The van der Waals surface area contributed by atoms with Crippen molar-refractivity contribution in [3.63, 3.8) is 0 Å². The van der Waals surface area contributed by atoms with Gasteiger partial charge in [0.2, 0.25) is 6.10 Å². The molecule has 5 nitrogen and oxygen atoms in total. The predicted molar refractivity (Wildman–Crippen MR) is 79.3 cm³/mol. The van der Waals surface area contributed by atoms with E-state index in [-0.39, 0.29) is 18.1 Å². The Hall–Kier alpha value is -1.75. The molecule has 3 rings (SSSR count). The van der Waals surface area contributed by atoms with E-state index in [1.165, 1.54) is 0 Å². The van der Waals surface area contributed by atoms with Crippen LogP contribution in [-0.2, 0) is 4.79 Å². The molecule has 2 aliphatic rings. The van der Waals surface area contributed by atoms with E-state index >= 15 is 0 Å². The minimum Gasteiger partial charge on any atom is -0.482 e. The van der Waals surface area contributed by atoms with Gasteiger partial charge in [-0.3, -0.25) is 4.79 Å². The molecule has 4 unspecified atom stereocenters. The van der Waals surface area contributed by atoms with Crippen molar-refractivity contribution in [2.45, 2.75) is 44.4 Å². The van der Waals surface area contributed by atoms with Crippen molar-refractivity contribution in [3.05, 3.63) is 24.3 Å². The van der Waals surface area contributed by atoms with E-state index in [2.05, 4.69) is 5.32 Å². The molecule has 1 aliphatic heterocycles. The number of nitrogens with one attached hydrogen (secondary N) is 1. The van der Waals surface area contributed by atoms with E-state index in [9.17, 15) is 4.79 Å². The molecule has 114 valence electrons. The van der Waals surface area contributed by atoms with Crippen LogP contribution in [0, 0.1) is 5.92 Å². The van der Waals surface area contributed by atoms with Gasteiger partial charge < -0.3 is 20.5 Å². The summed E-state index contributed by atoms with van der Waals surface area (Å²) in [6.07, 6.45) is 2.28. The molecule has 0 radical (unpaired) electrons. The first-order valence-corrected chi connectivity index (χ1v) is 7.62. The van der Waals surface area contributed by atoms with Crippen molar-refractivity contribution < 1.29 is 14.3 Å². The monoisotopic (exact) mass is 290 g/mol. The average molecular weight is 290 g/mol. The van der Waals surface area contributed by atoms with Crippen LogP contribution < -0.4 is 20.5 Å². The molecule has 1 amide bonds. The van der Waals surface area contributed by atoms with Crippen LogP contribution in [-0.4, -0.2) is 30.7 Å². The number of para-hydroxylation sites is 2. The van der Waals surface area contributed by atoms with Crippen molar-refractivity contribution in [2.75, 3.05) is 6.54 Å². The molecule has 0 saturated heterocycles. The Morgan fingerprint density at radius 3 is 2.71 bits per heavy atom. The third-order valence-corrected chi connectivity index (χ3v) is 4.39. The fourth-order valence-corrected chi connectivity index (χ4v) is 3.18. The molecule has 1 aromatic rings. The van der Waals surface area contributed by atoms with Gasteiger partial charge in [-0.05, 0) is 44.4 Å². The lowest BCUT2D eigenvalue weighted by molar-refractivity contribution is -0.134. The van der Waals surface area contributed by atoms with Crippen LogP contribution in [0.3, 0.4) is 0 Å². The number of carbonyl (C=O) groups excluding carboxylic acids is 1. The van der Waals surface area contributed by atoms with Crippen LogP contribution >= 0.6 is 0 Å². The number of amides is 1. The van der Waals surface area contributed by atoms with Crippen LogP contribution in [0.1, 0.15) is 26.2 Å². The summed E-state index contributed by atoms with van der Waals surface area (Å²) >= 11 is 0. The fraction of sp³-hybridized carbons (Fsp3) is 0.562. The molecule has 1 heterocycles. The molecule has 0 spiro atoms. The first-order valence-electron chi connectivity index (χ1n) is 7.62. The minimum absolute atomic E-state index is 0.109. The minimum atomic E-state index is -0.612. The zero-order valence-electron chi connectivity index (χ0n) is 12.2. The largest absolute Gasteiger partial charge is 0.482 e. The maximum Gasteiger partial charge on any atom is 0.265 e. The second-order valence-corrected chi connectivity index (χ2v) is 5.85. The summed E-state index contributed by atoms with van der Waals surface area (Å²) in [7, 11) is 0. The van der Waals surface area contributed by atoms with Crippen LogP contribution in [0.5, 0.6) is 11.5 Å². The van der Waals surface area contributed by atoms with E-state index in [1.54, 1.807) is 0 Å². The summed E-state index contributed by atoms with van der Waals surface area (Å²) < 4.78 is 11.6. The summed E-state index contributed by atoms with van der Waals surface area (Å²) in [6, 6.07) is 7.59. The van der Waals surface area contributed by atoms with Gasteiger partial charge in [-0.15, -0.1) is 0 Å². The van der Waals surface area contributed by atoms with Crippen molar-refractivity contribution >= 4 is 5.91 Å². The zero-order chi connectivity index (χ0) is 14.8. The van der Waals surface area contributed by atoms with E-state index in [4.69, 9.17) is 15.2 Å². The lowest BCUT2D eigenvalue weighted by atomic mass is 10.0. The normalized spacial score (nSPS) is 31.0. The quantitative estimate of drug-likeness (QED) is 0.884. The Labute approximate surface area is 124 Å². The topological polar surface area (TPSA) is 73.6 Å². The number of hydrogen-bond donors (Lipinski definition) is 2. The van der Waals surface area contributed by atoms with E-state index in [0.29, 0.717) is 24.0 Å². The number of ether oxygens (including phenoxy) is 2. The summed E-state index contributed by atoms with van der Waals surface area (Å²) in [5.74, 6) is 1.58. The molecule has 5 heteroatoms. The molecule has 1 aromatic carbocycles. The number of nitrogens with two attached hydrogens (primary N) is 1. The molecular weight excluding hydrogens is 268 g/mol. The van der Waals surface area contributed by atoms with Gasteiger partial charge in [-0.25, -0.2) is 0 Å². The van der Waals surface area contributed by atoms with Crippen LogP contribution in [0.15, 0.2) is 24.3 Å². The third kappa shape index (κ3) is 2.83. The van der Waals surface area contributed by atoms with E-state index in [0.717, 1.165) is 19.3 Å². The van der Waals surface area contributed by atoms with Gasteiger partial charge in [-0.2, -0.15) is 0 Å². The molecule has 0 aromatic heterocycles. The Kier molecular flexibility index (Phi) is 4.01. The van der Waals surface area contributed by atoms with E-state index < -0.39 is 6.10 Å². The van der Waals surface area contributed by atoms with Crippen molar-refractivity contribution in [3.8, 4) is 11.5 Å². The van der Waals surface area contributed by atoms with Gasteiger partial charge in [0.05, 0.1) is 0 Å². The lowest BCUT2D eigenvalue weighted by Gasteiger charge is -2.32. The summed E-state index contributed by atoms with van der Waals surface area (Å²) in [4.78, 5) is 12.5. The zero-order valence-corrected chi connectivity index (χ0v) is 12.2. The Morgan fingerprint density at radius 1 is 1.29 bits per heavy atom. The highest BCUT2D eigenvalue weighted by Gasteiger charge is 2.36. The van der Waals surface area contributed by atoms with Crippen molar-refractivity contribution in [1.29, 1.82) is 0 Å². The van der Waals surface area contributed by atoms with Crippen LogP contribution in [0.2, 0.25) is 0 Å². The fourth-order valence-electron chi connectivity index (χ4n) is 3.18. The van der Waals surface area contributed by atoms with Crippen LogP contribution in [0.4, 0.5) is 0 Å². The maximum absolute atomic E-state index is 12.5. The molecule has 1 aliphatic carbocycles. The van der Waals surface area contributed by atoms with E-state index in [1.807, 2.05) is 31.2 Å². The summed E-state index contributed by atoms with van der Waals surface area (Å²) in [5.41, 5.74) is 5.76.